The quantitative estimate of drug-likeness (QED) is 0.611. The molecule has 0 spiro atoms. The van der Waals surface area contributed by atoms with Crippen LogP contribution in [0.3, 0.4) is 0 Å². The molecule has 0 amide bonds. The van der Waals surface area contributed by atoms with E-state index in [1.807, 2.05) is 41.8 Å². The van der Waals surface area contributed by atoms with Crippen LogP contribution in [0.25, 0.3) is 21.1 Å². The molecule has 0 unspecified atom stereocenters. The van der Waals surface area contributed by atoms with Crippen LogP contribution in [0.2, 0.25) is 0 Å². The number of hydrogen-bond acceptors (Lipinski definition) is 6. The van der Waals surface area contributed by atoms with E-state index in [0.29, 0.717) is 11.6 Å². The van der Waals surface area contributed by atoms with Gasteiger partial charge in [-0.2, -0.15) is 4.98 Å². The lowest BCUT2D eigenvalue weighted by Crippen LogP contribution is -1.97. The van der Waals surface area contributed by atoms with E-state index in [2.05, 4.69) is 15.0 Å². The number of thiophene rings is 1. The van der Waals surface area contributed by atoms with Gasteiger partial charge in [0.05, 0.1) is 10.9 Å². The standard InChI is InChI=1S/C15H10N4OS/c16-15-18-13(11-5-7-21-14(11)19-15)20-10-4-3-9-2-1-6-17-12(9)8-10/h1-8H,(H2,16,18,19). The Balaban J connectivity index is 1.80. The van der Waals surface area contributed by atoms with Crippen molar-refractivity contribution in [2.75, 3.05) is 5.73 Å². The highest BCUT2D eigenvalue weighted by atomic mass is 32.1. The molecule has 0 atom stereocenters. The first-order valence-corrected chi connectivity index (χ1v) is 7.21. The zero-order chi connectivity index (χ0) is 14.2. The van der Waals surface area contributed by atoms with Crippen LogP contribution in [0.5, 0.6) is 11.6 Å². The molecule has 0 saturated heterocycles. The van der Waals surface area contributed by atoms with Crippen LogP contribution in [0.15, 0.2) is 48.0 Å². The van der Waals surface area contributed by atoms with Crippen molar-refractivity contribution in [2.45, 2.75) is 0 Å². The third-order valence-corrected chi connectivity index (χ3v) is 3.91. The lowest BCUT2D eigenvalue weighted by atomic mass is 10.2. The summed E-state index contributed by atoms with van der Waals surface area (Å²) in [5.74, 6) is 1.35. The van der Waals surface area contributed by atoms with E-state index < -0.39 is 0 Å². The molecular weight excluding hydrogens is 284 g/mol. The molecule has 0 aliphatic heterocycles. The smallest absolute Gasteiger partial charge is 0.232 e. The Bertz CT molecular complexity index is 951. The van der Waals surface area contributed by atoms with Gasteiger partial charge in [0.15, 0.2) is 0 Å². The predicted octanol–water partition coefficient (Wildman–Crippen LogP) is 3.61. The number of rotatable bonds is 2. The fourth-order valence-corrected chi connectivity index (χ4v) is 2.90. The second kappa shape index (κ2) is 4.68. The minimum absolute atomic E-state index is 0.207. The summed E-state index contributed by atoms with van der Waals surface area (Å²) in [6.07, 6.45) is 1.76. The molecule has 0 aliphatic rings. The van der Waals surface area contributed by atoms with Gasteiger partial charge in [0.1, 0.15) is 10.6 Å². The third-order valence-electron chi connectivity index (χ3n) is 3.10. The summed E-state index contributed by atoms with van der Waals surface area (Å²) in [5, 5.41) is 3.86. The normalized spacial score (nSPS) is 11.0. The molecule has 1 aromatic carbocycles. The minimum Gasteiger partial charge on any atom is -0.438 e. The molecule has 2 N–H and O–H groups in total. The van der Waals surface area contributed by atoms with Crippen molar-refractivity contribution in [3.8, 4) is 11.6 Å². The van der Waals surface area contributed by atoms with Crippen molar-refractivity contribution in [3.63, 3.8) is 0 Å². The molecule has 3 heterocycles. The summed E-state index contributed by atoms with van der Waals surface area (Å²) >= 11 is 1.51. The molecule has 6 heteroatoms. The van der Waals surface area contributed by atoms with Crippen molar-refractivity contribution >= 4 is 38.4 Å². The largest absolute Gasteiger partial charge is 0.438 e. The van der Waals surface area contributed by atoms with Gasteiger partial charge < -0.3 is 10.5 Å². The Labute approximate surface area is 124 Å². The molecule has 102 valence electrons. The Morgan fingerprint density at radius 2 is 2.05 bits per heavy atom. The molecule has 3 aromatic heterocycles. The van der Waals surface area contributed by atoms with Crippen LogP contribution in [0.4, 0.5) is 5.95 Å². The number of nitrogen functional groups attached to an aromatic ring is 1. The summed E-state index contributed by atoms with van der Waals surface area (Å²) in [4.78, 5) is 13.5. The number of aromatic nitrogens is 3. The van der Waals surface area contributed by atoms with Gasteiger partial charge in [-0.05, 0) is 29.6 Å². The first kappa shape index (κ1) is 12.0. The van der Waals surface area contributed by atoms with Crippen LogP contribution in [0, 0.1) is 0 Å². The number of benzene rings is 1. The first-order valence-electron chi connectivity index (χ1n) is 6.33. The summed E-state index contributed by atoms with van der Waals surface area (Å²) in [6, 6.07) is 11.6. The van der Waals surface area contributed by atoms with E-state index in [1.165, 1.54) is 11.3 Å². The second-order valence-corrected chi connectivity index (χ2v) is 5.38. The van der Waals surface area contributed by atoms with Gasteiger partial charge >= 0.3 is 0 Å². The van der Waals surface area contributed by atoms with Crippen molar-refractivity contribution in [1.82, 2.24) is 15.0 Å². The average molecular weight is 294 g/mol. The summed E-state index contributed by atoms with van der Waals surface area (Å²) in [6.45, 7) is 0. The lowest BCUT2D eigenvalue weighted by Gasteiger charge is -2.07. The van der Waals surface area contributed by atoms with E-state index in [9.17, 15) is 0 Å². The number of pyridine rings is 1. The van der Waals surface area contributed by atoms with Crippen LogP contribution in [0.1, 0.15) is 0 Å². The zero-order valence-corrected chi connectivity index (χ0v) is 11.7. The number of nitrogens with two attached hydrogens (primary N) is 1. The van der Waals surface area contributed by atoms with E-state index in [0.717, 1.165) is 21.1 Å². The van der Waals surface area contributed by atoms with Crippen LogP contribution >= 0.6 is 11.3 Å². The van der Waals surface area contributed by atoms with Crippen LogP contribution in [-0.4, -0.2) is 15.0 Å². The van der Waals surface area contributed by atoms with Gasteiger partial charge in [-0.15, -0.1) is 11.3 Å². The summed E-state index contributed by atoms with van der Waals surface area (Å²) in [5.41, 5.74) is 6.59. The molecule has 0 radical (unpaired) electrons. The summed E-state index contributed by atoms with van der Waals surface area (Å²) < 4.78 is 5.87. The molecule has 4 rings (SSSR count). The number of nitrogens with zero attached hydrogens (tertiary/aromatic N) is 3. The monoisotopic (exact) mass is 294 g/mol. The van der Waals surface area contributed by atoms with Gasteiger partial charge in [0.2, 0.25) is 11.8 Å². The van der Waals surface area contributed by atoms with E-state index in [-0.39, 0.29) is 5.95 Å². The molecule has 4 aromatic rings. The van der Waals surface area contributed by atoms with E-state index in [1.54, 1.807) is 6.20 Å². The van der Waals surface area contributed by atoms with Crippen molar-refractivity contribution in [3.05, 3.63) is 48.0 Å². The average Bonchev–Trinajstić information content (AvgIpc) is 2.95. The molecular formula is C15H10N4OS. The third kappa shape index (κ3) is 2.15. The lowest BCUT2D eigenvalue weighted by molar-refractivity contribution is 0.470. The van der Waals surface area contributed by atoms with E-state index >= 15 is 0 Å². The first-order chi connectivity index (χ1) is 10.3. The Morgan fingerprint density at radius 1 is 1.10 bits per heavy atom. The van der Waals surface area contributed by atoms with Gasteiger partial charge in [-0.3, -0.25) is 4.98 Å². The molecule has 0 fully saturated rings. The topological polar surface area (TPSA) is 73.9 Å². The fourth-order valence-electron chi connectivity index (χ4n) is 2.14. The Morgan fingerprint density at radius 3 is 3.00 bits per heavy atom. The molecule has 21 heavy (non-hydrogen) atoms. The number of hydrogen-bond donors (Lipinski definition) is 1. The van der Waals surface area contributed by atoms with Crippen LogP contribution < -0.4 is 10.5 Å². The maximum Gasteiger partial charge on any atom is 0.232 e. The Hall–Kier alpha value is -2.73. The highest BCUT2D eigenvalue weighted by molar-refractivity contribution is 7.16. The fraction of sp³-hybridized carbons (Fsp3) is 0. The van der Waals surface area contributed by atoms with Gasteiger partial charge in [0, 0.05) is 17.6 Å². The Kier molecular flexibility index (Phi) is 2.68. The van der Waals surface area contributed by atoms with Crippen molar-refractivity contribution < 1.29 is 4.74 Å². The second-order valence-electron chi connectivity index (χ2n) is 4.49. The van der Waals surface area contributed by atoms with Gasteiger partial charge in [0.25, 0.3) is 0 Å². The number of anilines is 1. The molecule has 0 bridgehead atoms. The maximum atomic E-state index is 5.87. The highest BCUT2D eigenvalue weighted by Crippen LogP contribution is 2.31. The van der Waals surface area contributed by atoms with Gasteiger partial charge in [-0.1, -0.05) is 6.07 Å². The van der Waals surface area contributed by atoms with Crippen LogP contribution in [-0.2, 0) is 0 Å². The maximum absolute atomic E-state index is 5.87. The zero-order valence-electron chi connectivity index (χ0n) is 10.9. The molecule has 5 nitrogen and oxygen atoms in total. The van der Waals surface area contributed by atoms with Gasteiger partial charge in [-0.25, -0.2) is 4.98 Å². The molecule has 0 saturated carbocycles. The minimum atomic E-state index is 0.207. The van der Waals surface area contributed by atoms with E-state index in [4.69, 9.17) is 10.5 Å². The SMILES string of the molecule is Nc1nc(Oc2ccc3cccnc3c2)c2ccsc2n1. The summed E-state index contributed by atoms with van der Waals surface area (Å²) in [7, 11) is 0. The molecule has 0 aliphatic carbocycles. The highest BCUT2D eigenvalue weighted by Gasteiger charge is 2.10. The van der Waals surface area contributed by atoms with Crippen molar-refractivity contribution in [1.29, 1.82) is 0 Å². The number of fused-ring (bicyclic) bond motifs is 2. The number of ether oxygens (including phenoxy) is 1. The predicted molar refractivity (Wildman–Crippen MR) is 83.6 cm³/mol. The van der Waals surface area contributed by atoms with Crippen molar-refractivity contribution in [2.24, 2.45) is 0 Å².